The van der Waals surface area contributed by atoms with Crippen LogP contribution >= 0.6 is 11.8 Å². The summed E-state index contributed by atoms with van der Waals surface area (Å²) in [5.41, 5.74) is 1.65. The zero-order valence-electron chi connectivity index (χ0n) is 12.1. The van der Waals surface area contributed by atoms with Gasteiger partial charge in [-0.1, -0.05) is 17.7 Å². The molecule has 0 fully saturated rings. The number of rotatable bonds is 5. The predicted octanol–water partition coefficient (Wildman–Crippen LogP) is 3.77. The van der Waals surface area contributed by atoms with E-state index >= 15 is 0 Å². The van der Waals surface area contributed by atoms with E-state index < -0.39 is 15.9 Å². The second-order valence-corrected chi connectivity index (χ2v) is 6.51. The van der Waals surface area contributed by atoms with Crippen molar-refractivity contribution in [3.8, 4) is 0 Å². The van der Waals surface area contributed by atoms with Crippen molar-refractivity contribution in [2.75, 3.05) is 6.26 Å². The van der Waals surface area contributed by atoms with Crippen LogP contribution in [-0.2, 0) is 11.0 Å². The largest absolute Gasteiger partial charge is 0.270 e. The van der Waals surface area contributed by atoms with Crippen LogP contribution < -0.4 is 0 Å². The molecule has 0 aliphatic rings. The second-order valence-electron chi connectivity index (χ2n) is 4.48. The van der Waals surface area contributed by atoms with Gasteiger partial charge in [0.2, 0.25) is 0 Å². The van der Waals surface area contributed by atoms with Gasteiger partial charge in [-0.15, -0.1) is 11.8 Å². The average molecular weight is 334 g/mol. The minimum absolute atomic E-state index is 0.0135. The van der Waals surface area contributed by atoms with Crippen LogP contribution in [0.4, 0.5) is 5.69 Å². The molecule has 0 saturated heterocycles. The van der Waals surface area contributed by atoms with Crippen molar-refractivity contribution in [1.29, 1.82) is 0 Å². The fraction of sp³-hybridized carbons (Fsp3) is 0.133. The van der Waals surface area contributed by atoms with E-state index in [1.54, 1.807) is 18.2 Å². The Morgan fingerprint density at radius 2 is 1.91 bits per heavy atom. The van der Waals surface area contributed by atoms with Gasteiger partial charge in [0.15, 0.2) is 11.0 Å². The van der Waals surface area contributed by atoms with E-state index in [0.717, 1.165) is 10.5 Å². The lowest BCUT2D eigenvalue weighted by Crippen LogP contribution is -1.94. The number of hydrogen-bond acceptors (Lipinski definition) is 4. The monoisotopic (exact) mass is 334 g/mol. The maximum atomic E-state index is 12.1. The lowest BCUT2D eigenvalue weighted by molar-refractivity contribution is -0.384. The van der Waals surface area contributed by atoms with Gasteiger partial charge in [-0.2, -0.15) is 4.40 Å². The minimum Gasteiger partial charge on any atom is -0.258 e. The fourth-order valence-electron chi connectivity index (χ4n) is 1.76. The molecule has 1 atom stereocenters. The van der Waals surface area contributed by atoms with Gasteiger partial charge in [0, 0.05) is 28.8 Å². The smallest absolute Gasteiger partial charge is 0.258 e. The van der Waals surface area contributed by atoms with Gasteiger partial charge in [0.25, 0.3) is 5.69 Å². The molecule has 0 aromatic heterocycles. The molecule has 2 rings (SSSR count). The summed E-state index contributed by atoms with van der Waals surface area (Å²) in [7, 11) is -1.53. The molecule has 0 unspecified atom stereocenters. The molecule has 0 bridgehead atoms. The van der Waals surface area contributed by atoms with Crippen molar-refractivity contribution in [3.63, 3.8) is 0 Å². The second kappa shape index (κ2) is 7.33. The van der Waals surface area contributed by atoms with Gasteiger partial charge >= 0.3 is 0 Å². The van der Waals surface area contributed by atoms with E-state index in [1.165, 1.54) is 30.1 Å². The highest BCUT2D eigenvalue weighted by Crippen LogP contribution is 2.24. The lowest BCUT2D eigenvalue weighted by atomic mass is 10.2. The average Bonchev–Trinajstić information content (AvgIpc) is 2.52. The SMILES string of the molecule is CSc1ccc([N+](=O)[O-])cc1C=N[S@](=O)c1ccc(C)cc1. The van der Waals surface area contributed by atoms with E-state index in [9.17, 15) is 14.3 Å². The number of nitro groups is 1. The highest BCUT2D eigenvalue weighted by molar-refractivity contribution is 7.98. The highest BCUT2D eigenvalue weighted by atomic mass is 32.2. The molecular weight excluding hydrogens is 320 g/mol. The van der Waals surface area contributed by atoms with Crippen LogP contribution in [0.25, 0.3) is 0 Å². The third kappa shape index (κ3) is 4.02. The summed E-state index contributed by atoms with van der Waals surface area (Å²) >= 11 is 1.45. The molecule has 22 heavy (non-hydrogen) atoms. The molecule has 0 aliphatic heterocycles. The van der Waals surface area contributed by atoms with E-state index in [2.05, 4.69) is 4.40 Å². The van der Waals surface area contributed by atoms with Crippen LogP contribution in [0.15, 0.2) is 56.7 Å². The summed E-state index contributed by atoms with van der Waals surface area (Å²) < 4.78 is 16.1. The molecular formula is C15H14N2O3S2. The number of non-ortho nitro benzene ring substituents is 1. The molecule has 0 spiro atoms. The Morgan fingerprint density at radius 1 is 1.23 bits per heavy atom. The predicted molar refractivity (Wildman–Crippen MR) is 90.1 cm³/mol. The summed E-state index contributed by atoms with van der Waals surface area (Å²) in [4.78, 5) is 11.8. The molecule has 114 valence electrons. The Kier molecular flexibility index (Phi) is 5.46. The topological polar surface area (TPSA) is 72.6 Å². The number of benzene rings is 2. The molecule has 0 saturated carbocycles. The van der Waals surface area contributed by atoms with E-state index in [4.69, 9.17) is 0 Å². The Balaban J connectivity index is 2.28. The van der Waals surface area contributed by atoms with Crippen LogP contribution in [-0.4, -0.2) is 21.6 Å². The summed E-state index contributed by atoms with van der Waals surface area (Å²) in [6, 6.07) is 11.8. The van der Waals surface area contributed by atoms with E-state index in [1.807, 2.05) is 25.3 Å². The van der Waals surface area contributed by atoms with Crippen molar-refractivity contribution in [2.24, 2.45) is 4.40 Å². The number of aryl methyl sites for hydroxylation is 1. The van der Waals surface area contributed by atoms with Gasteiger partial charge in [-0.25, -0.2) is 4.21 Å². The van der Waals surface area contributed by atoms with Gasteiger partial charge in [-0.05, 0) is 31.4 Å². The van der Waals surface area contributed by atoms with Gasteiger partial charge in [0.05, 0.1) is 9.82 Å². The third-order valence-electron chi connectivity index (χ3n) is 2.93. The molecule has 0 N–H and O–H groups in total. The van der Waals surface area contributed by atoms with Crippen molar-refractivity contribution >= 4 is 34.6 Å². The van der Waals surface area contributed by atoms with Crippen molar-refractivity contribution in [2.45, 2.75) is 16.7 Å². The van der Waals surface area contributed by atoms with Crippen LogP contribution in [0.5, 0.6) is 0 Å². The maximum absolute atomic E-state index is 12.1. The minimum atomic E-state index is -1.53. The molecule has 5 nitrogen and oxygen atoms in total. The van der Waals surface area contributed by atoms with Crippen LogP contribution in [0.2, 0.25) is 0 Å². The fourth-order valence-corrected chi connectivity index (χ4v) is 3.01. The van der Waals surface area contributed by atoms with Crippen LogP contribution in [0.3, 0.4) is 0 Å². The molecule has 7 heteroatoms. The number of nitro benzene ring substituents is 1. The number of thioether (sulfide) groups is 1. The van der Waals surface area contributed by atoms with Crippen LogP contribution in [0, 0.1) is 17.0 Å². The van der Waals surface area contributed by atoms with Crippen LogP contribution in [0.1, 0.15) is 11.1 Å². The molecule has 0 aliphatic carbocycles. The standard InChI is InChI=1S/C15H14N2O3S2/c1-11-3-6-14(7-4-11)22(20)16-10-12-9-13(17(18)19)5-8-15(12)21-2/h3-10H,1-2H3/t22-/m1/s1. The first-order valence-electron chi connectivity index (χ1n) is 6.36. The normalized spacial score (nSPS) is 12.5. The zero-order valence-corrected chi connectivity index (χ0v) is 13.7. The Morgan fingerprint density at radius 3 is 2.50 bits per heavy atom. The summed E-state index contributed by atoms with van der Waals surface area (Å²) in [6.07, 6.45) is 3.30. The van der Waals surface area contributed by atoms with Gasteiger partial charge in [0.1, 0.15) is 0 Å². The summed E-state index contributed by atoms with van der Waals surface area (Å²) in [5.74, 6) is 0. The van der Waals surface area contributed by atoms with E-state index in [-0.39, 0.29) is 5.69 Å². The first-order chi connectivity index (χ1) is 10.5. The molecule has 2 aromatic carbocycles. The third-order valence-corrected chi connectivity index (χ3v) is 4.72. The van der Waals surface area contributed by atoms with Gasteiger partial charge in [-0.3, -0.25) is 10.1 Å². The Labute approximate surface area is 135 Å². The van der Waals surface area contributed by atoms with Crippen molar-refractivity contribution in [3.05, 3.63) is 63.7 Å². The summed E-state index contributed by atoms with van der Waals surface area (Å²) in [6.45, 7) is 1.95. The molecule has 2 aromatic rings. The maximum Gasteiger partial charge on any atom is 0.270 e. The Hall–Kier alpha value is -1.99. The van der Waals surface area contributed by atoms with Gasteiger partial charge < -0.3 is 0 Å². The number of nitrogens with zero attached hydrogens (tertiary/aromatic N) is 2. The molecule has 0 radical (unpaired) electrons. The van der Waals surface area contributed by atoms with E-state index in [0.29, 0.717) is 10.5 Å². The van der Waals surface area contributed by atoms with Crippen molar-refractivity contribution in [1.82, 2.24) is 0 Å². The molecule has 0 amide bonds. The first kappa shape index (κ1) is 16.4. The summed E-state index contributed by atoms with van der Waals surface area (Å²) in [5, 5.41) is 10.8. The Bertz CT molecular complexity index is 743. The molecule has 0 heterocycles. The first-order valence-corrected chi connectivity index (χ1v) is 8.69. The highest BCUT2D eigenvalue weighted by Gasteiger charge is 2.09. The number of hydrogen-bond donors (Lipinski definition) is 0. The zero-order chi connectivity index (χ0) is 16.1. The quantitative estimate of drug-likeness (QED) is 0.361. The lowest BCUT2D eigenvalue weighted by Gasteiger charge is -2.02. The van der Waals surface area contributed by atoms with Crippen molar-refractivity contribution < 1.29 is 9.13 Å².